The molecule has 0 fully saturated rings. The monoisotopic (exact) mass is 332 g/mol. The van der Waals surface area contributed by atoms with Crippen molar-refractivity contribution in [3.63, 3.8) is 0 Å². The molecule has 8 nitrogen and oxygen atoms in total. The molecule has 120 valence electrons. The average molecular weight is 332 g/mol. The van der Waals surface area contributed by atoms with Crippen LogP contribution in [0.15, 0.2) is 23.3 Å². The third kappa shape index (κ3) is 22.8. The van der Waals surface area contributed by atoms with Gasteiger partial charge in [0.1, 0.15) is 0 Å². The first-order chi connectivity index (χ1) is 8.87. The Labute approximate surface area is 118 Å². The SMILES string of the molecule is CC(C)=CCC/C(C)=C/CO.O=P(O)(O)OP(=O)(O)O. The molecular weight excluding hydrogens is 310 g/mol. The summed E-state index contributed by atoms with van der Waals surface area (Å²) in [5.74, 6) is 0. The molecule has 0 aliphatic rings. The van der Waals surface area contributed by atoms with Crippen molar-refractivity contribution in [3.05, 3.63) is 23.3 Å². The molecule has 0 unspecified atom stereocenters. The Morgan fingerprint density at radius 1 is 1.00 bits per heavy atom. The Bertz CT molecular complexity index is 393. The van der Waals surface area contributed by atoms with E-state index >= 15 is 0 Å². The maximum Gasteiger partial charge on any atom is 0.478 e. The minimum Gasteiger partial charge on any atom is -0.392 e. The smallest absolute Gasteiger partial charge is 0.392 e. The van der Waals surface area contributed by atoms with Crippen LogP contribution in [0.4, 0.5) is 0 Å². The summed E-state index contributed by atoms with van der Waals surface area (Å²) >= 11 is 0. The van der Waals surface area contributed by atoms with Crippen molar-refractivity contribution in [2.24, 2.45) is 0 Å². The van der Waals surface area contributed by atoms with Crippen LogP contribution in [0.2, 0.25) is 0 Å². The Morgan fingerprint density at radius 3 is 1.70 bits per heavy atom. The molecule has 5 N–H and O–H groups in total. The van der Waals surface area contributed by atoms with Gasteiger partial charge in [-0.2, -0.15) is 4.31 Å². The molecule has 10 heteroatoms. The van der Waals surface area contributed by atoms with Crippen molar-refractivity contribution >= 4 is 15.6 Å². The third-order valence-electron chi connectivity index (χ3n) is 1.74. The van der Waals surface area contributed by atoms with E-state index in [-0.39, 0.29) is 6.61 Å². The van der Waals surface area contributed by atoms with E-state index in [1.54, 1.807) is 0 Å². The van der Waals surface area contributed by atoms with E-state index in [1.807, 2.05) is 6.08 Å². The van der Waals surface area contributed by atoms with E-state index in [0.717, 1.165) is 12.8 Å². The normalized spacial score (nSPS) is 12.5. The first-order valence-electron chi connectivity index (χ1n) is 5.59. The van der Waals surface area contributed by atoms with Crippen molar-refractivity contribution in [1.29, 1.82) is 0 Å². The molecule has 0 spiro atoms. The van der Waals surface area contributed by atoms with Crippen LogP contribution in [-0.2, 0) is 13.4 Å². The Morgan fingerprint density at radius 2 is 1.45 bits per heavy atom. The molecule has 0 rings (SSSR count). The number of hydrogen-bond acceptors (Lipinski definition) is 4. The summed E-state index contributed by atoms with van der Waals surface area (Å²) < 4.78 is 22.2. The molecule has 0 aromatic rings. The van der Waals surface area contributed by atoms with Crippen molar-refractivity contribution in [2.45, 2.75) is 33.6 Å². The quantitative estimate of drug-likeness (QED) is 0.366. The Balaban J connectivity index is 0. The molecule has 0 saturated heterocycles. The lowest BCUT2D eigenvalue weighted by Gasteiger charge is -2.03. The summed E-state index contributed by atoms with van der Waals surface area (Å²) in [5.41, 5.74) is 2.63. The van der Waals surface area contributed by atoms with Gasteiger partial charge in [0.15, 0.2) is 0 Å². The van der Waals surface area contributed by atoms with Crippen molar-refractivity contribution in [3.8, 4) is 0 Å². The molecule has 20 heavy (non-hydrogen) atoms. The van der Waals surface area contributed by atoms with Crippen LogP contribution in [0.3, 0.4) is 0 Å². The van der Waals surface area contributed by atoms with Crippen molar-refractivity contribution < 1.29 is 38.1 Å². The van der Waals surface area contributed by atoms with E-state index in [9.17, 15) is 9.13 Å². The predicted octanol–water partition coefficient (Wildman–Crippen LogP) is 1.86. The summed E-state index contributed by atoms with van der Waals surface area (Å²) in [6, 6.07) is 0. The van der Waals surface area contributed by atoms with Crippen LogP contribution in [0.1, 0.15) is 33.6 Å². The Hall–Kier alpha value is -0.300. The summed E-state index contributed by atoms with van der Waals surface area (Å²) in [7, 11) is -10.1. The van der Waals surface area contributed by atoms with Gasteiger partial charge in [0, 0.05) is 0 Å². The number of phosphoric acid groups is 2. The molecular formula is C10H22O8P2. The number of hydrogen-bond donors (Lipinski definition) is 5. The van der Waals surface area contributed by atoms with Gasteiger partial charge in [-0.05, 0) is 33.6 Å². The van der Waals surface area contributed by atoms with Crippen LogP contribution in [0.5, 0.6) is 0 Å². The zero-order valence-electron chi connectivity index (χ0n) is 11.6. The lowest BCUT2D eigenvalue weighted by Crippen LogP contribution is -1.84. The summed E-state index contributed by atoms with van der Waals surface area (Å²) in [6.45, 7) is 6.42. The van der Waals surface area contributed by atoms with E-state index in [2.05, 4.69) is 31.2 Å². The summed E-state index contributed by atoms with van der Waals surface area (Å²) in [4.78, 5) is 31.0. The highest BCUT2D eigenvalue weighted by Gasteiger charge is 2.27. The molecule has 0 aromatic carbocycles. The molecule has 0 heterocycles. The maximum absolute atomic E-state index is 9.63. The fraction of sp³-hybridized carbons (Fsp3) is 0.600. The second kappa shape index (κ2) is 10.4. The highest BCUT2D eigenvalue weighted by Crippen LogP contribution is 2.53. The van der Waals surface area contributed by atoms with E-state index in [0.29, 0.717) is 0 Å². The van der Waals surface area contributed by atoms with Crippen molar-refractivity contribution in [2.75, 3.05) is 6.61 Å². The average Bonchev–Trinajstić information content (AvgIpc) is 2.11. The highest BCUT2D eigenvalue weighted by molar-refractivity contribution is 7.60. The molecule has 0 saturated carbocycles. The number of aliphatic hydroxyl groups excluding tert-OH is 1. The van der Waals surface area contributed by atoms with Crippen LogP contribution < -0.4 is 0 Å². The minimum absolute atomic E-state index is 0.167. The number of aliphatic hydroxyl groups is 1. The first-order valence-corrected chi connectivity index (χ1v) is 8.65. The third-order valence-corrected chi connectivity index (χ3v) is 3.45. The largest absolute Gasteiger partial charge is 0.478 e. The molecule has 0 radical (unpaired) electrons. The van der Waals surface area contributed by atoms with Gasteiger partial charge in [0.05, 0.1) is 6.61 Å². The fourth-order valence-electron chi connectivity index (χ4n) is 0.985. The van der Waals surface area contributed by atoms with E-state index < -0.39 is 15.6 Å². The fourth-order valence-corrected chi connectivity index (χ4v) is 2.09. The minimum atomic E-state index is -5.05. The van der Waals surface area contributed by atoms with Gasteiger partial charge in [-0.15, -0.1) is 0 Å². The van der Waals surface area contributed by atoms with Crippen LogP contribution in [0, 0.1) is 0 Å². The molecule has 0 aliphatic heterocycles. The molecule has 0 aliphatic carbocycles. The van der Waals surface area contributed by atoms with Gasteiger partial charge in [0.2, 0.25) is 0 Å². The van der Waals surface area contributed by atoms with Gasteiger partial charge in [0.25, 0.3) is 0 Å². The molecule has 0 aromatic heterocycles. The van der Waals surface area contributed by atoms with E-state index in [1.165, 1.54) is 11.1 Å². The maximum atomic E-state index is 9.63. The van der Waals surface area contributed by atoms with Gasteiger partial charge in [-0.1, -0.05) is 23.3 Å². The van der Waals surface area contributed by atoms with Crippen molar-refractivity contribution in [1.82, 2.24) is 0 Å². The van der Waals surface area contributed by atoms with Crippen LogP contribution in [0.25, 0.3) is 0 Å². The Kier molecular flexibility index (Phi) is 11.5. The predicted molar refractivity (Wildman–Crippen MR) is 74.7 cm³/mol. The summed E-state index contributed by atoms with van der Waals surface area (Å²) in [5, 5.41) is 8.55. The van der Waals surface area contributed by atoms with E-state index in [4.69, 9.17) is 24.7 Å². The van der Waals surface area contributed by atoms with Gasteiger partial charge < -0.3 is 24.7 Å². The zero-order chi connectivity index (χ0) is 16.4. The van der Waals surface area contributed by atoms with Crippen LogP contribution >= 0.6 is 15.6 Å². The zero-order valence-corrected chi connectivity index (χ0v) is 13.4. The summed E-state index contributed by atoms with van der Waals surface area (Å²) in [6.07, 6.45) is 6.23. The number of allylic oxidation sites excluding steroid dienone is 3. The van der Waals surface area contributed by atoms with Crippen LogP contribution in [-0.4, -0.2) is 31.3 Å². The molecule has 0 bridgehead atoms. The van der Waals surface area contributed by atoms with Gasteiger partial charge in [-0.25, -0.2) is 9.13 Å². The highest BCUT2D eigenvalue weighted by atomic mass is 31.3. The number of rotatable bonds is 6. The second-order valence-electron chi connectivity index (χ2n) is 4.12. The lowest BCUT2D eigenvalue weighted by molar-refractivity contribution is 0.225. The second-order valence-corrected chi connectivity index (χ2v) is 6.73. The molecule has 0 atom stereocenters. The molecule has 0 amide bonds. The standard InChI is InChI=1S/C10H18O.H4O7P2/c1-9(2)5-4-6-10(3)7-8-11;1-8(2,3)7-9(4,5)6/h5,7,11H,4,6,8H2,1-3H3;(H2,1,2,3)(H2,4,5,6)/b10-7+;. The van der Waals surface area contributed by atoms with Gasteiger partial charge in [-0.3, -0.25) is 0 Å². The lowest BCUT2D eigenvalue weighted by atomic mass is 10.1. The first kappa shape index (κ1) is 22.0. The van der Waals surface area contributed by atoms with Gasteiger partial charge >= 0.3 is 15.6 Å². The topological polar surface area (TPSA) is 145 Å².